The third kappa shape index (κ3) is 1.33. The Bertz CT molecular complexity index is 490. The summed E-state index contributed by atoms with van der Waals surface area (Å²) in [5, 5.41) is 0. The van der Waals surface area contributed by atoms with Crippen molar-refractivity contribution >= 4 is 23.5 Å². The maximum Gasteiger partial charge on any atom is 0.356 e. The number of fused-ring (bicyclic) bond motifs is 5. The minimum Gasteiger partial charge on any atom is -0.466 e. The molecule has 0 spiro atoms. The molecule has 2 aliphatic carbocycles. The van der Waals surface area contributed by atoms with Crippen LogP contribution in [0.4, 0.5) is 0 Å². The number of esters is 2. The first-order valence-corrected chi connectivity index (χ1v) is 7.45. The second kappa shape index (κ2) is 4.57. The van der Waals surface area contributed by atoms with E-state index in [0.29, 0.717) is 0 Å². The van der Waals surface area contributed by atoms with Crippen LogP contribution in [0.25, 0.3) is 0 Å². The lowest BCUT2D eigenvalue weighted by Gasteiger charge is -2.40. The van der Waals surface area contributed by atoms with E-state index in [-0.39, 0.29) is 11.8 Å². The Hall–Kier alpha value is -0.850. The summed E-state index contributed by atoms with van der Waals surface area (Å²) in [6, 6.07) is 0. The van der Waals surface area contributed by atoms with E-state index in [0.717, 1.165) is 25.7 Å². The first-order chi connectivity index (χ1) is 9.96. The number of hydrogen-bond donors (Lipinski definition) is 0. The number of hydrogen-bond acceptors (Lipinski definition) is 6. The number of ether oxygens (including phenoxy) is 4. The standard InChI is InChI=1S/C14H19ClO6/c1-18-11(17)13-9-7-5-4-6-8(9)12(15,10(16)21-13)14(13,19-2)20-3/h8-9H,4-7H2,1-3H3/t8-,9+,12-,13-/m0/s1. The van der Waals surface area contributed by atoms with Crippen molar-refractivity contribution in [3.8, 4) is 0 Å². The summed E-state index contributed by atoms with van der Waals surface area (Å²) in [6.45, 7) is 0. The van der Waals surface area contributed by atoms with Gasteiger partial charge in [0.05, 0.1) is 7.11 Å². The highest BCUT2D eigenvalue weighted by Gasteiger charge is 2.91. The average Bonchev–Trinajstić information content (AvgIpc) is 2.84. The van der Waals surface area contributed by atoms with Crippen LogP contribution in [0.2, 0.25) is 0 Å². The van der Waals surface area contributed by atoms with Crippen LogP contribution in [-0.4, -0.2) is 49.5 Å². The van der Waals surface area contributed by atoms with Gasteiger partial charge in [-0.3, -0.25) is 0 Å². The Morgan fingerprint density at radius 1 is 1.19 bits per heavy atom. The van der Waals surface area contributed by atoms with Gasteiger partial charge in [-0.2, -0.15) is 0 Å². The molecule has 0 radical (unpaired) electrons. The summed E-state index contributed by atoms with van der Waals surface area (Å²) in [4.78, 5) is 23.5. The maximum atomic E-state index is 12.6. The summed E-state index contributed by atoms with van der Waals surface area (Å²) in [6.07, 6.45) is 3.34. The van der Waals surface area contributed by atoms with Crippen LogP contribution in [0.5, 0.6) is 0 Å². The highest BCUT2D eigenvalue weighted by Crippen LogP contribution is 2.69. The zero-order valence-corrected chi connectivity index (χ0v) is 13.1. The largest absolute Gasteiger partial charge is 0.466 e. The molecule has 0 aromatic carbocycles. The normalized spacial score (nSPS) is 43.3. The van der Waals surface area contributed by atoms with E-state index in [1.54, 1.807) is 0 Å². The van der Waals surface area contributed by atoms with Crippen molar-refractivity contribution < 1.29 is 28.5 Å². The molecular weight excluding hydrogens is 300 g/mol. The topological polar surface area (TPSA) is 71.1 Å². The van der Waals surface area contributed by atoms with Crippen molar-refractivity contribution in [2.75, 3.05) is 21.3 Å². The second-order valence-electron chi connectivity index (χ2n) is 5.85. The molecule has 3 fully saturated rings. The zero-order valence-electron chi connectivity index (χ0n) is 12.3. The molecule has 4 atom stereocenters. The molecule has 0 amide bonds. The molecule has 3 aliphatic rings. The van der Waals surface area contributed by atoms with E-state index in [1.807, 2.05) is 0 Å². The minimum absolute atomic E-state index is 0.229. The van der Waals surface area contributed by atoms with Gasteiger partial charge in [0, 0.05) is 26.1 Å². The van der Waals surface area contributed by atoms with Crippen molar-refractivity contribution in [2.24, 2.45) is 11.8 Å². The van der Waals surface area contributed by atoms with E-state index in [4.69, 9.17) is 30.5 Å². The first kappa shape index (κ1) is 15.1. The fourth-order valence-electron chi connectivity index (χ4n) is 4.66. The Morgan fingerprint density at radius 2 is 1.76 bits per heavy atom. The smallest absolute Gasteiger partial charge is 0.356 e. The van der Waals surface area contributed by atoms with Crippen molar-refractivity contribution in [3.05, 3.63) is 0 Å². The van der Waals surface area contributed by atoms with Crippen molar-refractivity contribution in [1.29, 1.82) is 0 Å². The van der Waals surface area contributed by atoms with Crippen molar-refractivity contribution in [1.82, 2.24) is 0 Å². The van der Waals surface area contributed by atoms with E-state index in [9.17, 15) is 9.59 Å². The minimum atomic E-state index is -1.66. The van der Waals surface area contributed by atoms with E-state index in [2.05, 4.69) is 0 Å². The van der Waals surface area contributed by atoms with Crippen LogP contribution in [0.1, 0.15) is 25.7 Å². The number of halogens is 1. The predicted octanol–water partition coefficient (Wildman–Crippen LogP) is 1.24. The van der Waals surface area contributed by atoms with E-state index in [1.165, 1.54) is 21.3 Å². The van der Waals surface area contributed by atoms with Gasteiger partial charge >= 0.3 is 11.9 Å². The Balaban J connectivity index is 2.26. The Kier molecular flexibility index (Phi) is 3.28. The van der Waals surface area contributed by atoms with Crippen LogP contribution in [-0.2, 0) is 28.5 Å². The number of alkyl halides is 1. The predicted molar refractivity (Wildman–Crippen MR) is 71.6 cm³/mol. The number of carbonyl (C=O) groups is 2. The molecule has 21 heavy (non-hydrogen) atoms. The lowest BCUT2D eigenvalue weighted by atomic mass is 9.73. The van der Waals surface area contributed by atoms with Crippen molar-refractivity contribution in [2.45, 2.75) is 41.9 Å². The second-order valence-corrected chi connectivity index (χ2v) is 6.45. The van der Waals surface area contributed by atoms with Gasteiger partial charge in [-0.15, -0.1) is 11.6 Å². The fourth-order valence-corrected chi connectivity index (χ4v) is 5.26. The Labute approximate surface area is 128 Å². The molecule has 2 saturated carbocycles. The third-order valence-corrected chi connectivity index (χ3v) is 6.06. The lowest BCUT2D eigenvalue weighted by Crippen LogP contribution is -2.63. The molecular formula is C14H19ClO6. The molecule has 2 bridgehead atoms. The van der Waals surface area contributed by atoms with Crippen LogP contribution in [0.3, 0.4) is 0 Å². The van der Waals surface area contributed by atoms with Gasteiger partial charge in [-0.1, -0.05) is 12.8 Å². The number of methoxy groups -OCH3 is 3. The molecule has 1 heterocycles. The summed E-state index contributed by atoms with van der Waals surface area (Å²) in [5.41, 5.74) is -1.63. The molecule has 1 saturated heterocycles. The molecule has 0 N–H and O–H groups in total. The first-order valence-electron chi connectivity index (χ1n) is 7.07. The number of rotatable bonds is 3. The summed E-state index contributed by atoms with van der Waals surface area (Å²) in [7, 11) is 4.00. The average molecular weight is 319 g/mol. The molecule has 0 aromatic rings. The van der Waals surface area contributed by atoms with Gasteiger partial charge < -0.3 is 18.9 Å². The van der Waals surface area contributed by atoms with E-state index >= 15 is 0 Å². The van der Waals surface area contributed by atoms with Crippen LogP contribution in [0, 0.1) is 11.8 Å². The lowest BCUT2D eigenvalue weighted by molar-refractivity contribution is -0.274. The highest BCUT2D eigenvalue weighted by atomic mass is 35.5. The fraction of sp³-hybridized carbons (Fsp3) is 0.857. The maximum absolute atomic E-state index is 12.6. The Morgan fingerprint density at radius 3 is 2.29 bits per heavy atom. The summed E-state index contributed by atoms with van der Waals surface area (Å²) >= 11 is 6.70. The van der Waals surface area contributed by atoms with Gasteiger partial charge in [-0.05, 0) is 12.8 Å². The molecule has 7 heteroatoms. The van der Waals surface area contributed by atoms with Crippen LogP contribution >= 0.6 is 11.6 Å². The van der Waals surface area contributed by atoms with Gasteiger partial charge in [0.1, 0.15) is 0 Å². The molecule has 6 nitrogen and oxygen atoms in total. The van der Waals surface area contributed by atoms with Crippen molar-refractivity contribution in [3.63, 3.8) is 0 Å². The SMILES string of the molecule is COC(=O)[C@@]12OC(=O)[C@@](Cl)([C@H]3CCCC[C@H]31)C2(OC)OC. The van der Waals surface area contributed by atoms with Gasteiger partial charge in [0.15, 0.2) is 0 Å². The van der Waals surface area contributed by atoms with Gasteiger partial charge in [0.25, 0.3) is 11.4 Å². The molecule has 3 rings (SSSR count). The summed E-state index contributed by atoms with van der Waals surface area (Å²) < 4.78 is 21.4. The van der Waals surface area contributed by atoms with Crippen LogP contribution in [0.15, 0.2) is 0 Å². The van der Waals surface area contributed by atoms with Gasteiger partial charge in [0.2, 0.25) is 4.87 Å². The van der Waals surface area contributed by atoms with Crippen LogP contribution < -0.4 is 0 Å². The zero-order chi connectivity index (χ0) is 15.5. The summed E-state index contributed by atoms with van der Waals surface area (Å²) in [5.74, 6) is -3.48. The molecule has 118 valence electrons. The highest BCUT2D eigenvalue weighted by molar-refractivity contribution is 6.37. The monoisotopic (exact) mass is 318 g/mol. The number of carbonyl (C=O) groups excluding carboxylic acids is 2. The quantitative estimate of drug-likeness (QED) is 0.443. The third-order valence-electron chi connectivity index (χ3n) is 5.38. The molecule has 0 unspecified atom stereocenters. The molecule has 1 aliphatic heterocycles. The molecule has 0 aromatic heterocycles. The van der Waals surface area contributed by atoms with Gasteiger partial charge in [-0.25, -0.2) is 9.59 Å². The van der Waals surface area contributed by atoms with E-state index < -0.39 is 28.2 Å².